The van der Waals surface area contributed by atoms with Gasteiger partial charge in [0.15, 0.2) is 0 Å². The number of amides is 1. The summed E-state index contributed by atoms with van der Waals surface area (Å²) < 4.78 is 5.26. The molecule has 0 unspecified atom stereocenters. The highest BCUT2D eigenvalue weighted by atomic mass is 16.5. The maximum absolute atomic E-state index is 12.8. The van der Waals surface area contributed by atoms with Gasteiger partial charge in [-0.15, -0.1) is 0 Å². The Morgan fingerprint density at radius 3 is 2.93 bits per heavy atom. The van der Waals surface area contributed by atoms with Crippen molar-refractivity contribution in [3.8, 4) is 11.3 Å². The number of pyridine rings is 2. The summed E-state index contributed by atoms with van der Waals surface area (Å²) in [6.45, 7) is 2.26. The molecule has 0 spiro atoms. The van der Waals surface area contributed by atoms with E-state index in [0.717, 1.165) is 48.1 Å². The number of methoxy groups -OCH3 is 1. The van der Waals surface area contributed by atoms with Gasteiger partial charge in [0.25, 0.3) is 5.91 Å². The van der Waals surface area contributed by atoms with Gasteiger partial charge in [-0.1, -0.05) is 18.2 Å². The van der Waals surface area contributed by atoms with Crippen LogP contribution >= 0.6 is 0 Å². The Hall–Kier alpha value is -2.79. The van der Waals surface area contributed by atoms with Gasteiger partial charge in [0.05, 0.1) is 23.4 Å². The van der Waals surface area contributed by atoms with E-state index < -0.39 is 0 Å². The summed E-state index contributed by atoms with van der Waals surface area (Å²) in [6, 6.07) is 13.8. The van der Waals surface area contributed by atoms with Crippen LogP contribution in [-0.4, -0.2) is 47.6 Å². The fourth-order valence-corrected chi connectivity index (χ4v) is 3.81. The number of hydrogen-bond acceptors (Lipinski definition) is 4. The Bertz CT molecular complexity index is 932. The Morgan fingerprint density at radius 1 is 1.19 bits per heavy atom. The summed E-state index contributed by atoms with van der Waals surface area (Å²) in [7, 11) is 1.71. The van der Waals surface area contributed by atoms with Crippen LogP contribution in [0.3, 0.4) is 0 Å². The summed E-state index contributed by atoms with van der Waals surface area (Å²) in [5.41, 5.74) is 3.45. The number of hydrogen-bond donors (Lipinski definition) is 0. The fraction of sp³-hybridized carbons (Fsp3) is 0.318. The molecule has 4 rings (SSSR count). The minimum atomic E-state index is 0.0504. The van der Waals surface area contributed by atoms with Crippen LogP contribution in [0.5, 0.6) is 0 Å². The van der Waals surface area contributed by atoms with Crippen LogP contribution in [-0.2, 0) is 4.74 Å². The van der Waals surface area contributed by atoms with Crippen LogP contribution in [0.25, 0.3) is 22.2 Å². The van der Waals surface area contributed by atoms with Crippen LogP contribution < -0.4 is 0 Å². The highest BCUT2D eigenvalue weighted by Gasteiger charge is 2.24. The van der Waals surface area contributed by atoms with Crippen molar-refractivity contribution in [1.82, 2.24) is 14.9 Å². The molecule has 0 N–H and O–H groups in total. The molecule has 138 valence electrons. The molecule has 27 heavy (non-hydrogen) atoms. The van der Waals surface area contributed by atoms with Gasteiger partial charge in [-0.2, -0.15) is 0 Å². The average Bonchev–Trinajstić information content (AvgIpc) is 2.73. The third kappa shape index (κ3) is 3.69. The summed E-state index contributed by atoms with van der Waals surface area (Å²) >= 11 is 0. The largest absolute Gasteiger partial charge is 0.384 e. The molecule has 5 heteroatoms. The number of benzene rings is 1. The first-order valence-electron chi connectivity index (χ1n) is 9.34. The third-order valence-electron chi connectivity index (χ3n) is 5.14. The van der Waals surface area contributed by atoms with Crippen LogP contribution in [0.2, 0.25) is 0 Å². The molecule has 0 bridgehead atoms. The molecule has 1 aromatic carbocycles. The summed E-state index contributed by atoms with van der Waals surface area (Å²) in [5.74, 6) is 0.470. The first kappa shape index (κ1) is 17.6. The van der Waals surface area contributed by atoms with E-state index in [2.05, 4.69) is 9.97 Å². The molecular weight excluding hydrogens is 338 g/mol. The standard InChI is InChI=1S/C22H23N3O2/c1-27-15-16-5-4-12-25(14-16)22(26)17-9-10-21(24-13-17)18-6-2-8-20-19(18)7-3-11-23-20/h2-3,6-11,13,16H,4-5,12,14-15H2,1H3/t16-/m1/s1. The predicted octanol–water partition coefficient (Wildman–Crippen LogP) is 3.80. The Balaban J connectivity index is 1.56. The van der Waals surface area contributed by atoms with Crippen molar-refractivity contribution in [3.63, 3.8) is 0 Å². The van der Waals surface area contributed by atoms with Crippen LogP contribution in [0.15, 0.2) is 54.9 Å². The molecule has 0 radical (unpaired) electrons. The number of fused-ring (bicyclic) bond motifs is 1. The van der Waals surface area contributed by atoms with Gasteiger partial charge in [0, 0.05) is 43.5 Å². The minimum absolute atomic E-state index is 0.0504. The second-order valence-corrected chi connectivity index (χ2v) is 7.02. The number of nitrogens with zero attached hydrogens (tertiary/aromatic N) is 3. The molecular formula is C22H23N3O2. The molecule has 1 saturated heterocycles. The maximum Gasteiger partial charge on any atom is 0.255 e. The lowest BCUT2D eigenvalue weighted by molar-refractivity contribution is 0.0570. The molecule has 1 atom stereocenters. The van der Waals surface area contributed by atoms with Crippen molar-refractivity contribution in [3.05, 3.63) is 60.4 Å². The number of carbonyl (C=O) groups excluding carboxylic acids is 1. The molecule has 1 aliphatic rings. The van der Waals surface area contributed by atoms with E-state index in [1.54, 1.807) is 19.5 Å². The molecule has 3 heterocycles. The zero-order valence-electron chi connectivity index (χ0n) is 15.5. The molecule has 1 amide bonds. The van der Waals surface area contributed by atoms with Gasteiger partial charge in [0.1, 0.15) is 0 Å². The van der Waals surface area contributed by atoms with Crippen LogP contribution in [0, 0.1) is 5.92 Å². The topological polar surface area (TPSA) is 55.3 Å². The SMILES string of the molecule is COC[C@@H]1CCCN(C(=O)c2ccc(-c3cccc4ncccc34)nc2)C1. The van der Waals surface area contributed by atoms with Crippen LogP contribution in [0.1, 0.15) is 23.2 Å². The molecule has 0 saturated carbocycles. The van der Waals surface area contributed by atoms with Crippen molar-refractivity contribution >= 4 is 16.8 Å². The van der Waals surface area contributed by atoms with E-state index in [1.807, 2.05) is 47.4 Å². The Labute approximate surface area is 159 Å². The van der Waals surface area contributed by atoms with E-state index in [4.69, 9.17) is 4.74 Å². The first-order chi connectivity index (χ1) is 13.3. The first-order valence-corrected chi connectivity index (χ1v) is 9.34. The monoisotopic (exact) mass is 361 g/mol. The average molecular weight is 361 g/mol. The smallest absolute Gasteiger partial charge is 0.255 e. The highest BCUT2D eigenvalue weighted by Crippen LogP contribution is 2.26. The number of rotatable bonds is 4. The van der Waals surface area contributed by atoms with Gasteiger partial charge in [0.2, 0.25) is 0 Å². The number of ether oxygens (including phenoxy) is 1. The summed E-state index contributed by atoms with van der Waals surface area (Å²) in [6.07, 6.45) is 5.61. The zero-order chi connectivity index (χ0) is 18.6. The lowest BCUT2D eigenvalue weighted by Crippen LogP contribution is -2.41. The van der Waals surface area contributed by atoms with Gasteiger partial charge >= 0.3 is 0 Å². The van der Waals surface area contributed by atoms with E-state index >= 15 is 0 Å². The normalized spacial score (nSPS) is 17.2. The van der Waals surface area contributed by atoms with Crippen molar-refractivity contribution < 1.29 is 9.53 Å². The lowest BCUT2D eigenvalue weighted by Gasteiger charge is -2.32. The quantitative estimate of drug-likeness (QED) is 0.709. The van der Waals surface area contributed by atoms with Gasteiger partial charge < -0.3 is 9.64 Å². The summed E-state index contributed by atoms with van der Waals surface area (Å²) in [4.78, 5) is 23.7. The van der Waals surface area contributed by atoms with Gasteiger partial charge in [-0.25, -0.2) is 0 Å². The van der Waals surface area contributed by atoms with Crippen LogP contribution in [0.4, 0.5) is 0 Å². The zero-order valence-corrected chi connectivity index (χ0v) is 15.5. The van der Waals surface area contributed by atoms with Crippen molar-refractivity contribution in [2.24, 2.45) is 5.92 Å². The number of likely N-dealkylation sites (tertiary alicyclic amines) is 1. The lowest BCUT2D eigenvalue weighted by atomic mass is 9.98. The Kier molecular flexibility index (Phi) is 5.12. The van der Waals surface area contributed by atoms with Gasteiger partial charge in [-0.3, -0.25) is 14.8 Å². The second-order valence-electron chi connectivity index (χ2n) is 7.02. The molecule has 1 aliphatic heterocycles. The highest BCUT2D eigenvalue weighted by molar-refractivity contribution is 5.96. The molecule has 2 aromatic heterocycles. The minimum Gasteiger partial charge on any atom is -0.384 e. The molecule has 1 fully saturated rings. The van der Waals surface area contributed by atoms with E-state index in [-0.39, 0.29) is 5.91 Å². The van der Waals surface area contributed by atoms with Crippen molar-refractivity contribution in [1.29, 1.82) is 0 Å². The molecule has 3 aromatic rings. The van der Waals surface area contributed by atoms with Crippen molar-refractivity contribution in [2.75, 3.05) is 26.8 Å². The maximum atomic E-state index is 12.8. The number of aromatic nitrogens is 2. The van der Waals surface area contributed by atoms with E-state index in [1.165, 1.54) is 0 Å². The molecule has 0 aliphatic carbocycles. The van der Waals surface area contributed by atoms with E-state index in [9.17, 15) is 4.79 Å². The number of carbonyl (C=O) groups is 1. The van der Waals surface area contributed by atoms with Gasteiger partial charge in [-0.05, 0) is 43.0 Å². The third-order valence-corrected chi connectivity index (χ3v) is 5.14. The number of piperidine rings is 1. The Morgan fingerprint density at radius 2 is 2.11 bits per heavy atom. The van der Waals surface area contributed by atoms with E-state index in [0.29, 0.717) is 18.1 Å². The fourth-order valence-electron chi connectivity index (χ4n) is 3.81. The predicted molar refractivity (Wildman–Crippen MR) is 105 cm³/mol. The molecule has 5 nitrogen and oxygen atoms in total. The second kappa shape index (κ2) is 7.84. The summed E-state index contributed by atoms with van der Waals surface area (Å²) in [5, 5.41) is 1.06. The van der Waals surface area contributed by atoms with Crippen molar-refractivity contribution in [2.45, 2.75) is 12.8 Å².